The highest BCUT2D eigenvalue weighted by atomic mass is 28.4. The molecule has 0 saturated carbocycles. The maximum atomic E-state index is 15.4. The highest BCUT2D eigenvalue weighted by molar-refractivity contribution is 7.24. The summed E-state index contributed by atoms with van der Waals surface area (Å²) in [6.45, 7) is 43.5. The maximum absolute atomic E-state index is 15.4. The van der Waals surface area contributed by atoms with Crippen LogP contribution >= 0.6 is 0 Å². The average Bonchev–Trinajstić information content (AvgIpc) is 2.35. The summed E-state index contributed by atoms with van der Waals surface area (Å²) in [4.78, 5) is 0. The summed E-state index contributed by atoms with van der Waals surface area (Å²) in [6.07, 6.45) is 0. The van der Waals surface area contributed by atoms with E-state index in [2.05, 4.69) is 125 Å². The Morgan fingerprint density at radius 2 is 0.727 bits per heavy atom. The Bertz CT molecular complexity index is 901. The predicted octanol–water partition coefficient (Wildman–Crippen LogP) is 9.41. The van der Waals surface area contributed by atoms with Gasteiger partial charge >= 0.3 is 0 Å². The quantitative estimate of drug-likeness (QED) is 0.312. The fourth-order valence-electron chi connectivity index (χ4n) is 9.25. The summed E-state index contributed by atoms with van der Waals surface area (Å²) in [7, 11) is -4.28. The SMILES string of the molecule is CC(C)(C)C1=C(C(C)(C)C)[Si]23C(C(C)(C)C)=C(C(C)(C)C)[C@@]2(C(C)(C)C)[Si](=O)[C@]13C(C)(C)C. The van der Waals surface area contributed by atoms with Gasteiger partial charge in [0.05, 0.1) is 0 Å². The van der Waals surface area contributed by atoms with Crippen molar-refractivity contribution >= 4 is 16.8 Å². The van der Waals surface area contributed by atoms with Crippen molar-refractivity contribution in [1.82, 2.24) is 0 Å². The molecule has 0 radical (unpaired) electrons. The van der Waals surface area contributed by atoms with Crippen LogP contribution in [0.25, 0.3) is 0 Å². The number of allylic oxidation sites excluding steroid dienone is 4. The minimum Gasteiger partial charge on any atom is -0.387 e. The first kappa shape index (κ1) is 27.3. The lowest BCUT2D eigenvalue weighted by Crippen LogP contribution is -2.95. The molecule has 2 atom stereocenters. The van der Waals surface area contributed by atoms with Crippen LogP contribution in [-0.4, -0.2) is 16.8 Å². The van der Waals surface area contributed by atoms with Crippen molar-refractivity contribution in [2.24, 2.45) is 32.5 Å². The molecule has 0 amide bonds. The van der Waals surface area contributed by atoms with E-state index in [0.717, 1.165) is 0 Å². The Morgan fingerprint density at radius 3 is 0.879 bits per heavy atom. The van der Waals surface area contributed by atoms with E-state index in [1.807, 2.05) is 0 Å². The van der Waals surface area contributed by atoms with E-state index in [9.17, 15) is 0 Å². The molecule has 0 aromatic carbocycles. The van der Waals surface area contributed by atoms with Gasteiger partial charge in [-0.05, 0) is 32.5 Å². The third-order valence-electron chi connectivity index (χ3n) is 9.06. The lowest BCUT2D eigenvalue weighted by Gasteiger charge is -2.91. The molecule has 0 bridgehead atoms. The maximum Gasteiger partial charge on any atom is 0.294 e. The molecule has 3 aliphatic rings. The molecule has 1 spiro atoms. The first-order chi connectivity index (χ1) is 14.1. The molecule has 1 fully saturated rings. The summed E-state index contributed by atoms with van der Waals surface area (Å²) < 4.78 is 15.2. The molecular weight excluding hydrogens is 433 g/mol. The largest absolute Gasteiger partial charge is 0.387 e. The lowest BCUT2D eigenvalue weighted by atomic mass is 9.68. The molecule has 1 saturated heterocycles. The molecule has 0 unspecified atom stereocenters. The van der Waals surface area contributed by atoms with Crippen LogP contribution in [-0.2, 0) is 4.46 Å². The summed E-state index contributed by atoms with van der Waals surface area (Å²) in [5, 5.41) is 3.52. The first-order valence-corrected chi connectivity index (χ1v) is 16.6. The van der Waals surface area contributed by atoms with Gasteiger partial charge in [-0.25, -0.2) is 0 Å². The van der Waals surface area contributed by atoms with Crippen LogP contribution in [0.5, 0.6) is 0 Å². The normalized spacial score (nSPS) is 33.3. The fourth-order valence-corrected chi connectivity index (χ4v) is 28.5. The van der Waals surface area contributed by atoms with Crippen molar-refractivity contribution in [1.29, 1.82) is 0 Å². The molecule has 33 heavy (non-hydrogen) atoms. The van der Waals surface area contributed by atoms with Crippen molar-refractivity contribution in [3.8, 4) is 0 Å². The monoisotopic (exact) mass is 486 g/mol. The van der Waals surface area contributed by atoms with Crippen molar-refractivity contribution in [3.63, 3.8) is 0 Å². The van der Waals surface area contributed by atoms with Gasteiger partial charge in [-0.15, -0.1) is 0 Å². The highest BCUT2D eigenvalue weighted by Gasteiger charge is 3.00. The molecule has 0 aromatic heterocycles. The molecule has 3 heteroatoms. The van der Waals surface area contributed by atoms with E-state index in [-0.39, 0.29) is 41.8 Å². The van der Waals surface area contributed by atoms with Crippen LogP contribution in [0.3, 0.4) is 0 Å². The molecule has 3 aliphatic heterocycles. The third kappa shape index (κ3) is 2.60. The van der Waals surface area contributed by atoms with E-state index in [4.69, 9.17) is 0 Å². The minimum absolute atomic E-state index is 0.0126. The molecule has 3 heterocycles. The Hall–Kier alpha value is -0.286. The van der Waals surface area contributed by atoms with E-state index < -0.39 is 16.8 Å². The fraction of sp³-hybridized carbons (Fsp3) is 0.867. The Kier molecular flexibility index (Phi) is 5.24. The Morgan fingerprint density at radius 1 is 0.485 bits per heavy atom. The second-order valence-electron chi connectivity index (χ2n) is 17.6. The van der Waals surface area contributed by atoms with Gasteiger partial charge in [0.1, 0.15) is 8.07 Å². The van der Waals surface area contributed by atoms with Crippen molar-refractivity contribution < 1.29 is 4.46 Å². The number of hydrogen-bond donors (Lipinski definition) is 0. The molecule has 188 valence electrons. The predicted molar refractivity (Wildman–Crippen MR) is 148 cm³/mol. The summed E-state index contributed by atoms with van der Waals surface area (Å²) in [5.41, 5.74) is 3.37. The topological polar surface area (TPSA) is 17.1 Å². The smallest absolute Gasteiger partial charge is 0.294 e. The van der Waals surface area contributed by atoms with Crippen LogP contribution in [0.2, 0.25) is 9.32 Å². The van der Waals surface area contributed by atoms with Crippen molar-refractivity contribution in [3.05, 3.63) is 21.5 Å². The average molecular weight is 487 g/mol. The second kappa shape index (κ2) is 6.34. The molecular formula is C30H54OSi2. The van der Waals surface area contributed by atoms with Crippen LogP contribution in [0, 0.1) is 32.5 Å². The first-order valence-electron chi connectivity index (χ1n) is 13.2. The van der Waals surface area contributed by atoms with Crippen LogP contribution < -0.4 is 0 Å². The van der Waals surface area contributed by atoms with Gasteiger partial charge in [-0.1, -0.05) is 146 Å². The van der Waals surface area contributed by atoms with Crippen LogP contribution in [0.4, 0.5) is 0 Å². The zero-order chi connectivity index (χ0) is 26.4. The summed E-state index contributed by atoms with van der Waals surface area (Å²) in [5.74, 6) is 0. The van der Waals surface area contributed by atoms with E-state index in [0.29, 0.717) is 0 Å². The molecule has 3 rings (SSSR count). The highest BCUT2D eigenvalue weighted by Crippen LogP contribution is 2.98. The van der Waals surface area contributed by atoms with E-state index in [1.54, 1.807) is 21.5 Å². The van der Waals surface area contributed by atoms with Gasteiger partial charge in [0, 0.05) is 9.32 Å². The van der Waals surface area contributed by atoms with Gasteiger partial charge in [0.25, 0.3) is 8.68 Å². The zero-order valence-corrected chi connectivity index (χ0v) is 27.4. The van der Waals surface area contributed by atoms with Crippen molar-refractivity contribution in [2.75, 3.05) is 0 Å². The molecule has 0 aliphatic carbocycles. The molecule has 0 aromatic rings. The molecule has 0 N–H and O–H groups in total. The van der Waals surface area contributed by atoms with Gasteiger partial charge in [0.15, 0.2) is 0 Å². The Balaban J connectivity index is 2.75. The Labute approximate surface area is 209 Å². The number of rotatable bonds is 0. The summed E-state index contributed by atoms with van der Waals surface area (Å²) >= 11 is 0. The number of hydrogen-bond acceptors (Lipinski definition) is 1. The van der Waals surface area contributed by atoms with Gasteiger partial charge in [-0.2, -0.15) is 0 Å². The lowest BCUT2D eigenvalue weighted by molar-refractivity contribution is 0.178. The second-order valence-corrected chi connectivity index (χ2v) is 24.7. The van der Waals surface area contributed by atoms with Crippen molar-refractivity contribution in [2.45, 2.75) is 134 Å². The van der Waals surface area contributed by atoms with E-state index in [1.165, 1.54) is 0 Å². The minimum atomic E-state index is -2.31. The standard InChI is InChI=1S/C30H54OSi2/c1-23(2,3)19-21(25(7,8)9)33-22(26(10,11)12)20(24(4,5)6)30(33,28(16,17)18)32(31)29(19,33)27(13,14)15/h1-18H3/t29-,30-,33?/m1/s1. The van der Waals surface area contributed by atoms with Gasteiger partial charge in [-0.3, -0.25) is 0 Å². The van der Waals surface area contributed by atoms with Crippen LogP contribution in [0.15, 0.2) is 21.5 Å². The van der Waals surface area contributed by atoms with Gasteiger partial charge < -0.3 is 4.46 Å². The third-order valence-corrected chi connectivity index (χ3v) is 23.8. The molecule has 1 nitrogen and oxygen atoms in total. The summed E-state index contributed by atoms with van der Waals surface area (Å²) in [6, 6.07) is 0. The van der Waals surface area contributed by atoms with Gasteiger partial charge in [0.2, 0.25) is 0 Å². The van der Waals surface area contributed by atoms with Crippen LogP contribution in [0.1, 0.15) is 125 Å². The zero-order valence-electron chi connectivity index (χ0n) is 25.4. The van der Waals surface area contributed by atoms with E-state index >= 15 is 4.46 Å².